The summed E-state index contributed by atoms with van der Waals surface area (Å²) in [7, 11) is 0. The van der Waals surface area contributed by atoms with Crippen molar-refractivity contribution in [3.8, 4) is 0 Å². The number of aryl methyl sites for hydroxylation is 2. The molecule has 0 saturated carbocycles. The molecular formula is C16H22O. The van der Waals surface area contributed by atoms with Crippen LogP contribution >= 0.6 is 0 Å². The van der Waals surface area contributed by atoms with E-state index in [0.717, 1.165) is 17.3 Å². The predicted octanol–water partition coefficient (Wildman–Crippen LogP) is 5.11. The molecule has 17 heavy (non-hydrogen) atoms. The van der Waals surface area contributed by atoms with Gasteiger partial charge >= 0.3 is 0 Å². The number of furan rings is 1. The summed E-state index contributed by atoms with van der Waals surface area (Å²) < 4.78 is 5.65. The Bertz CT molecular complexity index is 479. The number of hydrogen-bond donors (Lipinski definition) is 0. The fourth-order valence-corrected chi connectivity index (χ4v) is 2.25. The zero-order valence-electron chi connectivity index (χ0n) is 11.1. The second-order valence-corrected chi connectivity index (χ2v) is 5.37. The van der Waals surface area contributed by atoms with Crippen molar-refractivity contribution in [2.24, 2.45) is 5.92 Å². The number of benzene rings is 1. The molecule has 0 N–H and O–H groups in total. The predicted molar refractivity (Wildman–Crippen MR) is 73.3 cm³/mol. The van der Waals surface area contributed by atoms with Crippen LogP contribution in [0.4, 0.5) is 0 Å². The molecule has 0 bridgehead atoms. The normalized spacial score (nSPS) is 11.5. The Labute approximate surface area is 104 Å². The highest BCUT2D eigenvalue weighted by molar-refractivity contribution is 5.78. The van der Waals surface area contributed by atoms with Gasteiger partial charge in [-0.15, -0.1) is 0 Å². The van der Waals surface area contributed by atoms with Crippen molar-refractivity contribution in [1.82, 2.24) is 0 Å². The van der Waals surface area contributed by atoms with Crippen LogP contribution in [0, 0.1) is 12.8 Å². The van der Waals surface area contributed by atoms with E-state index in [2.05, 4.69) is 38.1 Å². The Balaban J connectivity index is 1.94. The van der Waals surface area contributed by atoms with Crippen LogP contribution in [-0.4, -0.2) is 0 Å². The van der Waals surface area contributed by atoms with Crippen molar-refractivity contribution in [3.05, 3.63) is 35.6 Å². The summed E-state index contributed by atoms with van der Waals surface area (Å²) in [5, 5.41) is 1.22. The fraction of sp³-hybridized carbons (Fsp3) is 0.500. The molecule has 0 amide bonds. The molecule has 1 aromatic carbocycles. The van der Waals surface area contributed by atoms with E-state index in [1.165, 1.54) is 36.6 Å². The van der Waals surface area contributed by atoms with Gasteiger partial charge in [0, 0.05) is 5.39 Å². The third-order valence-corrected chi connectivity index (χ3v) is 3.20. The van der Waals surface area contributed by atoms with Gasteiger partial charge in [-0.3, -0.25) is 0 Å². The van der Waals surface area contributed by atoms with E-state index in [9.17, 15) is 0 Å². The van der Waals surface area contributed by atoms with Crippen LogP contribution in [0.2, 0.25) is 0 Å². The van der Waals surface area contributed by atoms with Gasteiger partial charge in [0.1, 0.15) is 11.3 Å². The SMILES string of the molecule is Cc1cc2ccc(CCCCC(C)C)cc2o1. The Morgan fingerprint density at radius 3 is 2.71 bits per heavy atom. The van der Waals surface area contributed by atoms with Gasteiger partial charge in [-0.2, -0.15) is 0 Å². The van der Waals surface area contributed by atoms with Gasteiger partial charge in [-0.25, -0.2) is 0 Å². The molecule has 2 rings (SSSR count). The zero-order chi connectivity index (χ0) is 12.3. The van der Waals surface area contributed by atoms with Crippen LogP contribution in [0.1, 0.15) is 44.4 Å². The van der Waals surface area contributed by atoms with Crippen molar-refractivity contribution in [2.75, 3.05) is 0 Å². The van der Waals surface area contributed by atoms with E-state index >= 15 is 0 Å². The van der Waals surface area contributed by atoms with Crippen LogP contribution < -0.4 is 0 Å². The first-order valence-corrected chi connectivity index (χ1v) is 6.64. The van der Waals surface area contributed by atoms with Crippen molar-refractivity contribution in [1.29, 1.82) is 0 Å². The van der Waals surface area contributed by atoms with Crippen molar-refractivity contribution in [2.45, 2.75) is 46.5 Å². The average Bonchev–Trinajstić information content (AvgIpc) is 2.63. The molecule has 0 atom stereocenters. The van der Waals surface area contributed by atoms with Gasteiger partial charge in [-0.05, 0) is 43.4 Å². The highest BCUT2D eigenvalue weighted by atomic mass is 16.3. The van der Waals surface area contributed by atoms with E-state index in [0.29, 0.717) is 0 Å². The third-order valence-electron chi connectivity index (χ3n) is 3.20. The molecule has 1 heteroatoms. The first kappa shape index (κ1) is 12.2. The van der Waals surface area contributed by atoms with Crippen molar-refractivity contribution < 1.29 is 4.42 Å². The van der Waals surface area contributed by atoms with E-state index < -0.39 is 0 Å². The number of unbranched alkanes of at least 4 members (excludes halogenated alkanes) is 1. The van der Waals surface area contributed by atoms with Gasteiger partial charge in [0.2, 0.25) is 0 Å². The van der Waals surface area contributed by atoms with E-state index in [1.54, 1.807) is 0 Å². The lowest BCUT2D eigenvalue weighted by Gasteiger charge is -2.04. The molecule has 0 saturated heterocycles. The zero-order valence-corrected chi connectivity index (χ0v) is 11.1. The van der Waals surface area contributed by atoms with Crippen molar-refractivity contribution >= 4 is 11.0 Å². The second kappa shape index (κ2) is 5.39. The highest BCUT2D eigenvalue weighted by Crippen LogP contribution is 2.21. The molecule has 0 spiro atoms. The maximum Gasteiger partial charge on any atom is 0.134 e. The summed E-state index contributed by atoms with van der Waals surface area (Å²) in [5.41, 5.74) is 2.43. The lowest BCUT2D eigenvalue weighted by atomic mass is 10.0. The molecule has 2 aromatic rings. The minimum Gasteiger partial charge on any atom is -0.461 e. The van der Waals surface area contributed by atoms with E-state index in [1.807, 2.05) is 6.92 Å². The summed E-state index contributed by atoms with van der Waals surface area (Å²) in [6.45, 7) is 6.58. The molecule has 1 aromatic heterocycles. The third kappa shape index (κ3) is 3.36. The maximum absolute atomic E-state index is 5.65. The van der Waals surface area contributed by atoms with Crippen LogP contribution in [0.15, 0.2) is 28.7 Å². The van der Waals surface area contributed by atoms with Crippen molar-refractivity contribution in [3.63, 3.8) is 0 Å². The number of hydrogen-bond acceptors (Lipinski definition) is 1. The van der Waals surface area contributed by atoms with E-state index in [-0.39, 0.29) is 0 Å². The Morgan fingerprint density at radius 1 is 1.12 bits per heavy atom. The first-order valence-electron chi connectivity index (χ1n) is 6.64. The number of rotatable bonds is 5. The molecule has 0 fully saturated rings. The monoisotopic (exact) mass is 230 g/mol. The average molecular weight is 230 g/mol. The lowest BCUT2D eigenvalue weighted by Crippen LogP contribution is -1.89. The molecule has 1 nitrogen and oxygen atoms in total. The summed E-state index contributed by atoms with van der Waals surface area (Å²) in [6.07, 6.45) is 5.11. The highest BCUT2D eigenvalue weighted by Gasteiger charge is 2.02. The van der Waals surface area contributed by atoms with Crippen LogP contribution in [-0.2, 0) is 6.42 Å². The Hall–Kier alpha value is -1.24. The molecular weight excluding hydrogens is 208 g/mol. The van der Waals surface area contributed by atoms with Gasteiger partial charge < -0.3 is 4.42 Å². The van der Waals surface area contributed by atoms with Crippen LogP contribution in [0.3, 0.4) is 0 Å². The quantitative estimate of drug-likeness (QED) is 0.650. The summed E-state index contributed by atoms with van der Waals surface area (Å²) in [5.74, 6) is 1.82. The first-order chi connectivity index (χ1) is 8.15. The molecule has 0 radical (unpaired) electrons. The van der Waals surface area contributed by atoms with Gasteiger partial charge in [0.15, 0.2) is 0 Å². The minimum atomic E-state index is 0.824. The van der Waals surface area contributed by atoms with Crippen LogP contribution in [0.25, 0.3) is 11.0 Å². The van der Waals surface area contributed by atoms with E-state index in [4.69, 9.17) is 4.42 Å². The topological polar surface area (TPSA) is 13.1 Å². The molecule has 0 aliphatic heterocycles. The Kier molecular flexibility index (Phi) is 3.88. The number of fused-ring (bicyclic) bond motifs is 1. The fourth-order valence-electron chi connectivity index (χ4n) is 2.25. The molecule has 92 valence electrons. The lowest BCUT2D eigenvalue weighted by molar-refractivity contribution is 0.537. The summed E-state index contributed by atoms with van der Waals surface area (Å²) in [6, 6.07) is 8.69. The minimum absolute atomic E-state index is 0.824. The van der Waals surface area contributed by atoms with Gasteiger partial charge in [0.25, 0.3) is 0 Å². The standard InChI is InChI=1S/C16H22O/c1-12(2)6-4-5-7-14-8-9-15-10-13(3)17-16(15)11-14/h8-12H,4-7H2,1-3H3. The largest absolute Gasteiger partial charge is 0.461 e. The summed E-state index contributed by atoms with van der Waals surface area (Å²) >= 11 is 0. The second-order valence-electron chi connectivity index (χ2n) is 5.37. The molecule has 0 aliphatic carbocycles. The smallest absolute Gasteiger partial charge is 0.134 e. The Morgan fingerprint density at radius 2 is 1.94 bits per heavy atom. The summed E-state index contributed by atoms with van der Waals surface area (Å²) in [4.78, 5) is 0. The van der Waals surface area contributed by atoms with Gasteiger partial charge in [0.05, 0.1) is 0 Å². The molecule has 0 unspecified atom stereocenters. The van der Waals surface area contributed by atoms with Gasteiger partial charge in [-0.1, -0.05) is 38.8 Å². The maximum atomic E-state index is 5.65. The molecule has 0 aliphatic rings. The van der Waals surface area contributed by atoms with Crippen LogP contribution in [0.5, 0.6) is 0 Å². The molecule has 1 heterocycles.